The van der Waals surface area contributed by atoms with Crippen LogP contribution in [0.25, 0.3) is 6.08 Å². The molecule has 1 aliphatic rings. The fourth-order valence-corrected chi connectivity index (χ4v) is 2.32. The van der Waals surface area contributed by atoms with Crippen molar-refractivity contribution >= 4 is 28.3 Å². The van der Waals surface area contributed by atoms with Crippen LogP contribution in [-0.4, -0.2) is 17.4 Å². The van der Waals surface area contributed by atoms with Crippen molar-refractivity contribution in [2.24, 2.45) is 0 Å². The summed E-state index contributed by atoms with van der Waals surface area (Å²) in [5.41, 5.74) is 0.697. The molecule has 5 nitrogen and oxygen atoms in total. The van der Waals surface area contributed by atoms with Gasteiger partial charge in [0.2, 0.25) is 5.91 Å². The maximum Gasteiger partial charge on any atom is 0.324 e. The number of nitrogens with one attached hydrogen (secondary N) is 1. The average Bonchev–Trinajstić information content (AvgIpc) is 2.70. The highest BCUT2D eigenvalue weighted by Gasteiger charge is 2.15. The molecule has 1 amide bonds. The van der Waals surface area contributed by atoms with Gasteiger partial charge in [-0.25, -0.2) is 0 Å². The van der Waals surface area contributed by atoms with E-state index < -0.39 is 4.92 Å². The van der Waals surface area contributed by atoms with Crippen molar-refractivity contribution in [2.45, 2.75) is 12.8 Å². The van der Waals surface area contributed by atoms with Crippen LogP contribution >= 0.6 is 11.3 Å². The van der Waals surface area contributed by atoms with E-state index in [1.54, 1.807) is 12.1 Å². The van der Waals surface area contributed by atoms with Gasteiger partial charge in [-0.05, 0) is 25.0 Å². The fraction of sp³-hybridized carbons (Fsp3) is 0.300. The number of amides is 1. The van der Waals surface area contributed by atoms with Crippen LogP contribution in [0.5, 0.6) is 0 Å². The van der Waals surface area contributed by atoms with Gasteiger partial charge in [-0.15, -0.1) is 0 Å². The molecule has 1 aromatic heterocycles. The minimum Gasteiger partial charge on any atom is -0.352 e. The molecule has 1 N–H and O–H groups in total. The second-order valence-corrected chi connectivity index (χ2v) is 4.56. The lowest BCUT2D eigenvalue weighted by Gasteiger charge is -2.13. The summed E-state index contributed by atoms with van der Waals surface area (Å²) in [6.07, 6.45) is 3.38. The number of piperidine rings is 1. The number of rotatable bonds is 2. The van der Waals surface area contributed by atoms with Crippen molar-refractivity contribution in [1.29, 1.82) is 0 Å². The van der Waals surface area contributed by atoms with Gasteiger partial charge in [-0.3, -0.25) is 14.9 Å². The Kier molecular flexibility index (Phi) is 3.00. The quantitative estimate of drug-likeness (QED) is 0.486. The van der Waals surface area contributed by atoms with Gasteiger partial charge in [-0.1, -0.05) is 11.3 Å². The predicted molar refractivity (Wildman–Crippen MR) is 61.2 cm³/mol. The Bertz CT molecular complexity index is 464. The molecule has 0 bridgehead atoms. The molecule has 0 radical (unpaired) electrons. The Morgan fingerprint density at radius 1 is 1.50 bits per heavy atom. The van der Waals surface area contributed by atoms with E-state index in [0.29, 0.717) is 12.1 Å². The highest BCUT2D eigenvalue weighted by atomic mass is 32.1. The second-order valence-electron chi connectivity index (χ2n) is 3.46. The summed E-state index contributed by atoms with van der Waals surface area (Å²) >= 11 is 1.08. The highest BCUT2D eigenvalue weighted by molar-refractivity contribution is 7.16. The van der Waals surface area contributed by atoms with Gasteiger partial charge >= 0.3 is 5.00 Å². The van der Waals surface area contributed by atoms with Crippen LogP contribution in [-0.2, 0) is 4.79 Å². The first-order valence-electron chi connectivity index (χ1n) is 4.90. The molecular formula is C10H10N2O3S. The van der Waals surface area contributed by atoms with Crippen LogP contribution in [0.15, 0.2) is 17.7 Å². The maximum atomic E-state index is 11.4. The summed E-state index contributed by atoms with van der Waals surface area (Å²) < 4.78 is 0. The third kappa shape index (κ3) is 2.27. The van der Waals surface area contributed by atoms with Crippen molar-refractivity contribution in [2.75, 3.05) is 6.54 Å². The van der Waals surface area contributed by atoms with Gasteiger partial charge in [0.25, 0.3) is 0 Å². The molecule has 2 rings (SSSR count). The third-order valence-corrected chi connectivity index (χ3v) is 3.29. The zero-order valence-corrected chi connectivity index (χ0v) is 9.25. The molecule has 2 heterocycles. The smallest absolute Gasteiger partial charge is 0.324 e. The van der Waals surface area contributed by atoms with E-state index in [4.69, 9.17) is 0 Å². The van der Waals surface area contributed by atoms with E-state index in [1.165, 1.54) is 6.07 Å². The van der Waals surface area contributed by atoms with Crippen molar-refractivity contribution in [3.05, 3.63) is 32.7 Å². The van der Waals surface area contributed by atoms with Crippen LogP contribution in [0.4, 0.5) is 5.00 Å². The molecule has 0 spiro atoms. The van der Waals surface area contributed by atoms with Crippen LogP contribution in [0.2, 0.25) is 0 Å². The third-order valence-electron chi connectivity index (χ3n) is 2.31. The summed E-state index contributed by atoms with van der Waals surface area (Å²) in [7, 11) is 0. The number of thiophene rings is 1. The Hall–Kier alpha value is -1.69. The lowest BCUT2D eigenvalue weighted by atomic mass is 10.1. The Morgan fingerprint density at radius 2 is 2.31 bits per heavy atom. The van der Waals surface area contributed by atoms with Gasteiger partial charge < -0.3 is 5.32 Å². The van der Waals surface area contributed by atoms with E-state index in [0.717, 1.165) is 29.1 Å². The normalized spacial score (nSPS) is 18.5. The summed E-state index contributed by atoms with van der Waals surface area (Å²) in [5.74, 6) is -0.0673. The van der Waals surface area contributed by atoms with Crippen molar-refractivity contribution < 1.29 is 9.72 Å². The number of hydrogen-bond donors (Lipinski definition) is 1. The Balaban J connectivity index is 2.21. The van der Waals surface area contributed by atoms with E-state index in [2.05, 4.69) is 5.32 Å². The van der Waals surface area contributed by atoms with E-state index in [-0.39, 0.29) is 10.9 Å². The van der Waals surface area contributed by atoms with Gasteiger partial charge in [0.15, 0.2) is 0 Å². The monoisotopic (exact) mass is 238 g/mol. The van der Waals surface area contributed by atoms with Crippen molar-refractivity contribution in [1.82, 2.24) is 5.32 Å². The summed E-state index contributed by atoms with van der Waals surface area (Å²) in [6, 6.07) is 3.12. The number of hydrogen-bond acceptors (Lipinski definition) is 4. The average molecular weight is 238 g/mol. The summed E-state index contributed by atoms with van der Waals surface area (Å²) in [6.45, 7) is 0.709. The largest absolute Gasteiger partial charge is 0.352 e. The topological polar surface area (TPSA) is 72.2 Å². The molecule has 6 heteroatoms. The van der Waals surface area contributed by atoms with E-state index in [1.807, 2.05) is 0 Å². The number of carbonyl (C=O) groups is 1. The first-order chi connectivity index (χ1) is 7.66. The molecule has 16 heavy (non-hydrogen) atoms. The molecule has 0 aromatic carbocycles. The maximum absolute atomic E-state index is 11.4. The Labute approximate surface area is 95.9 Å². The summed E-state index contributed by atoms with van der Waals surface area (Å²) in [5, 5.41) is 13.3. The fourth-order valence-electron chi connectivity index (χ4n) is 1.54. The lowest BCUT2D eigenvalue weighted by molar-refractivity contribution is -0.380. The first-order valence-corrected chi connectivity index (χ1v) is 5.71. The molecule has 0 saturated carbocycles. The standard InChI is InChI=1S/C10H10N2O3S/c13-10-7(2-1-5-11-10)6-8-3-4-9(16-8)12(14)15/h3-4,6H,1-2,5H2,(H,11,13)/b7-6+. The molecule has 0 aliphatic carbocycles. The SMILES string of the molecule is O=C1NCCC/C1=C\c1ccc([N+](=O)[O-])s1. The van der Waals surface area contributed by atoms with Crippen molar-refractivity contribution in [3.8, 4) is 0 Å². The van der Waals surface area contributed by atoms with Gasteiger partial charge in [0, 0.05) is 23.1 Å². The number of nitro groups is 1. The number of carbonyl (C=O) groups excluding carboxylic acids is 1. The number of nitrogens with zero attached hydrogens (tertiary/aromatic N) is 1. The minimum absolute atomic E-state index is 0.0673. The van der Waals surface area contributed by atoms with Gasteiger partial charge in [0.1, 0.15) is 0 Å². The van der Waals surface area contributed by atoms with Crippen LogP contribution in [0.3, 0.4) is 0 Å². The molecule has 0 unspecified atom stereocenters. The molecule has 1 aromatic rings. The van der Waals surface area contributed by atoms with Crippen LogP contribution in [0, 0.1) is 10.1 Å². The summed E-state index contributed by atoms with van der Waals surface area (Å²) in [4.78, 5) is 22.2. The van der Waals surface area contributed by atoms with Gasteiger partial charge in [0.05, 0.1) is 4.92 Å². The Morgan fingerprint density at radius 3 is 2.94 bits per heavy atom. The molecule has 84 valence electrons. The highest BCUT2D eigenvalue weighted by Crippen LogP contribution is 2.27. The predicted octanol–water partition coefficient (Wildman–Crippen LogP) is 1.95. The zero-order valence-electron chi connectivity index (χ0n) is 8.43. The van der Waals surface area contributed by atoms with Crippen LogP contribution < -0.4 is 5.32 Å². The minimum atomic E-state index is -0.423. The molecule has 0 atom stereocenters. The molecule has 1 saturated heterocycles. The zero-order chi connectivity index (χ0) is 11.5. The molecule has 1 aliphatic heterocycles. The van der Waals surface area contributed by atoms with E-state index in [9.17, 15) is 14.9 Å². The van der Waals surface area contributed by atoms with Crippen LogP contribution in [0.1, 0.15) is 17.7 Å². The van der Waals surface area contributed by atoms with Crippen molar-refractivity contribution in [3.63, 3.8) is 0 Å². The second kappa shape index (κ2) is 4.44. The molecule has 1 fully saturated rings. The van der Waals surface area contributed by atoms with E-state index >= 15 is 0 Å². The first kappa shape index (κ1) is 10.8. The lowest BCUT2D eigenvalue weighted by Crippen LogP contribution is -2.30. The molecular weight excluding hydrogens is 228 g/mol. The van der Waals surface area contributed by atoms with Gasteiger partial charge in [-0.2, -0.15) is 0 Å².